The Morgan fingerprint density at radius 3 is 2.38 bits per heavy atom. The van der Waals surface area contributed by atoms with E-state index < -0.39 is 0 Å². The zero-order valence-electron chi connectivity index (χ0n) is 12.0. The van der Waals surface area contributed by atoms with Crippen LogP contribution in [0.4, 0.5) is 0 Å². The van der Waals surface area contributed by atoms with Gasteiger partial charge in [0.1, 0.15) is 0 Å². The van der Waals surface area contributed by atoms with Crippen LogP contribution in [0.15, 0.2) is 66.7 Å². The molecular formula is C20H19N. The highest BCUT2D eigenvalue weighted by molar-refractivity contribution is 5.97. The Labute approximate surface area is 125 Å². The minimum absolute atomic E-state index is 0.741. The van der Waals surface area contributed by atoms with E-state index in [4.69, 9.17) is 0 Å². The lowest BCUT2D eigenvalue weighted by Crippen LogP contribution is -2.15. The van der Waals surface area contributed by atoms with Gasteiger partial charge in [-0.25, -0.2) is 0 Å². The standard InChI is InChI=1S/C20H19N/c1-3-9-18-15(6-1)8-5-11-20(18)19-10-4-2-7-16(19)14-21-17-12-13-17/h1-11,17,21H,12-14H2. The minimum Gasteiger partial charge on any atom is -0.310 e. The number of rotatable bonds is 4. The van der Waals surface area contributed by atoms with Gasteiger partial charge >= 0.3 is 0 Å². The molecule has 3 aromatic carbocycles. The highest BCUT2D eigenvalue weighted by Gasteiger charge is 2.20. The van der Waals surface area contributed by atoms with Crippen LogP contribution in [-0.4, -0.2) is 6.04 Å². The summed E-state index contributed by atoms with van der Waals surface area (Å²) < 4.78 is 0. The molecule has 1 N–H and O–H groups in total. The van der Waals surface area contributed by atoms with E-state index in [1.165, 1.54) is 40.3 Å². The molecule has 3 aromatic rings. The minimum atomic E-state index is 0.741. The summed E-state index contributed by atoms with van der Waals surface area (Å²) in [7, 11) is 0. The Morgan fingerprint density at radius 2 is 1.48 bits per heavy atom. The van der Waals surface area contributed by atoms with E-state index >= 15 is 0 Å². The second-order valence-electron chi connectivity index (χ2n) is 5.84. The Hall–Kier alpha value is -2.12. The average Bonchev–Trinajstić information content (AvgIpc) is 3.37. The lowest BCUT2D eigenvalue weighted by molar-refractivity contribution is 0.689. The molecule has 1 aliphatic carbocycles. The summed E-state index contributed by atoms with van der Waals surface area (Å²) in [5.74, 6) is 0. The van der Waals surface area contributed by atoms with Crippen LogP contribution in [0.2, 0.25) is 0 Å². The van der Waals surface area contributed by atoms with E-state index in [2.05, 4.69) is 72.0 Å². The summed E-state index contributed by atoms with van der Waals surface area (Å²) in [5, 5.41) is 6.27. The summed E-state index contributed by atoms with van der Waals surface area (Å²) >= 11 is 0. The van der Waals surface area contributed by atoms with Crippen molar-refractivity contribution in [1.29, 1.82) is 0 Å². The van der Waals surface area contributed by atoms with Crippen LogP contribution in [0.3, 0.4) is 0 Å². The lowest BCUT2D eigenvalue weighted by Gasteiger charge is -2.13. The number of fused-ring (bicyclic) bond motifs is 1. The molecule has 0 atom stereocenters. The second-order valence-corrected chi connectivity index (χ2v) is 5.84. The van der Waals surface area contributed by atoms with Gasteiger partial charge in [0.2, 0.25) is 0 Å². The molecule has 0 spiro atoms. The van der Waals surface area contributed by atoms with Crippen molar-refractivity contribution in [2.24, 2.45) is 0 Å². The van der Waals surface area contributed by atoms with Gasteiger partial charge in [-0.2, -0.15) is 0 Å². The number of benzene rings is 3. The highest BCUT2D eigenvalue weighted by Crippen LogP contribution is 2.31. The molecule has 1 fully saturated rings. The molecule has 0 aromatic heterocycles. The molecule has 0 radical (unpaired) electrons. The average molecular weight is 273 g/mol. The molecule has 1 nitrogen and oxygen atoms in total. The van der Waals surface area contributed by atoms with Crippen molar-refractivity contribution in [2.75, 3.05) is 0 Å². The molecule has 0 saturated heterocycles. The third-order valence-electron chi connectivity index (χ3n) is 4.26. The molecule has 104 valence electrons. The molecule has 1 heteroatoms. The van der Waals surface area contributed by atoms with Gasteiger partial charge in [-0.15, -0.1) is 0 Å². The molecule has 0 aliphatic heterocycles. The van der Waals surface area contributed by atoms with Crippen molar-refractivity contribution < 1.29 is 0 Å². The van der Waals surface area contributed by atoms with Crippen molar-refractivity contribution in [3.05, 3.63) is 72.3 Å². The van der Waals surface area contributed by atoms with Crippen molar-refractivity contribution >= 4 is 10.8 Å². The molecule has 0 amide bonds. The lowest BCUT2D eigenvalue weighted by atomic mass is 9.94. The van der Waals surface area contributed by atoms with Crippen LogP contribution in [0.5, 0.6) is 0 Å². The first-order chi connectivity index (χ1) is 10.4. The number of nitrogens with one attached hydrogen (secondary N) is 1. The van der Waals surface area contributed by atoms with E-state index in [1.54, 1.807) is 0 Å². The molecule has 21 heavy (non-hydrogen) atoms. The van der Waals surface area contributed by atoms with Gasteiger partial charge in [0.15, 0.2) is 0 Å². The Kier molecular flexibility index (Phi) is 3.21. The van der Waals surface area contributed by atoms with Crippen LogP contribution in [0, 0.1) is 0 Å². The third kappa shape index (κ3) is 2.57. The predicted octanol–water partition coefficient (Wildman–Crippen LogP) is 4.76. The molecule has 1 aliphatic rings. The topological polar surface area (TPSA) is 12.0 Å². The van der Waals surface area contributed by atoms with E-state index in [1.807, 2.05) is 0 Å². The smallest absolute Gasteiger partial charge is 0.0214 e. The van der Waals surface area contributed by atoms with Gasteiger partial charge in [-0.3, -0.25) is 0 Å². The van der Waals surface area contributed by atoms with Gasteiger partial charge in [0, 0.05) is 12.6 Å². The van der Waals surface area contributed by atoms with Gasteiger partial charge in [0.25, 0.3) is 0 Å². The zero-order chi connectivity index (χ0) is 14.1. The van der Waals surface area contributed by atoms with Crippen LogP contribution >= 0.6 is 0 Å². The first-order valence-corrected chi connectivity index (χ1v) is 7.71. The number of hydrogen-bond acceptors (Lipinski definition) is 1. The van der Waals surface area contributed by atoms with Crippen LogP contribution < -0.4 is 5.32 Å². The Bertz CT molecular complexity index is 766. The van der Waals surface area contributed by atoms with E-state index in [-0.39, 0.29) is 0 Å². The predicted molar refractivity (Wildman–Crippen MR) is 89.2 cm³/mol. The largest absolute Gasteiger partial charge is 0.310 e. The van der Waals surface area contributed by atoms with Gasteiger partial charge < -0.3 is 5.32 Å². The van der Waals surface area contributed by atoms with Crippen LogP contribution in [-0.2, 0) is 6.54 Å². The first-order valence-electron chi connectivity index (χ1n) is 7.71. The number of hydrogen-bond donors (Lipinski definition) is 1. The molecular weight excluding hydrogens is 254 g/mol. The van der Waals surface area contributed by atoms with E-state index in [0.29, 0.717) is 0 Å². The summed E-state index contributed by atoms with van der Waals surface area (Å²) in [6.07, 6.45) is 2.66. The van der Waals surface area contributed by atoms with Crippen LogP contribution in [0.25, 0.3) is 21.9 Å². The van der Waals surface area contributed by atoms with Crippen molar-refractivity contribution in [3.63, 3.8) is 0 Å². The van der Waals surface area contributed by atoms with Crippen molar-refractivity contribution in [3.8, 4) is 11.1 Å². The third-order valence-corrected chi connectivity index (χ3v) is 4.26. The fourth-order valence-corrected chi connectivity index (χ4v) is 2.94. The summed E-state index contributed by atoms with van der Waals surface area (Å²) in [6, 6.07) is 24.7. The van der Waals surface area contributed by atoms with E-state index in [0.717, 1.165) is 12.6 Å². The van der Waals surface area contributed by atoms with Gasteiger partial charge in [0.05, 0.1) is 0 Å². The molecule has 4 rings (SSSR count). The Balaban J connectivity index is 1.80. The van der Waals surface area contributed by atoms with Gasteiger partial charge in [-0.1, -0.05) is 66.7 Å². The molecule has 0 unspecified atom stereocenters. The monoisotopic (exact) mass is 273 g/mol. The molecule has 0 bridgehead atoms. The zero-order valence-corrected chi connectivity index (χ0v) is 12.0. The molecule has 1 saturated carbocycles. The fraction of sp³-hybridized carbons (Fsp3) is 0.200. The van der Waals surface area contributed by atoms with Crippen molar-refractivity contribution in [1.82, 2.24) is 5.32 Å². The maximum absolute atomic E-state index is 3.63. The highest BCUT2D eigenvalue weighted by atomic mass is 14.9. The summed E-state index contributed by atoms with van der Waals surface area (Å²) in [6.45, 7) is 0.962. The SMILES string of the molecule is c1ccc(-c2cccc3ccccc23)c(CNC2CC2)c1. The van der Waals surface area contributed by atoms with Gasteiger partial charge in [-0.05, 0) is 40.3 Å². The van der Waals surface area contributed by atoms with Crippen LogP contribution in [0.1, 0.15) is 18.4 Å². The summed E-state index contributed by atoms with van der Waals surface area (Å²) in [4.78, 5) is 0. The maximum atomic E-state index is 3.63. The Morgan fingerprint density at radius 1 is 0.762 bits per heavy atom. The second kappa shape index (κ2) is 5.34. The van der Waals surface area contributed by atoms with Crippen molar-refractivity contribution in [2.45, 2.75) is 25.4 Å². The normalized spacial score (nSPS) is 14.5. The fourth-order valence-electron chi connectivity index (χ4n) is 2.94. The first kappa shape index (κ1) is 12.6. The molecule has 0 heterocycles. The quantitative estimate of drug-likeness (QED) is 0.722. The summed E-state index contributed by atoms with van der Waals surface area (Å²) in [5.41, 5.74) is 4.07. The van der Waals surface area contributed by atoms with E-state index in [9.17, 15) is 0 Å². The maximum Gasteiger partial charge on any atom is 0.0214 e.